The van der Waals surface area contributed by atoms with Crippen molar-refractivity contribution in [2.45, 2.75) is 19.8 Å². The lowest BCUT2D eigenvalue weighted by atomic mass is 10.0. The van der Waals surface area contributed by atoms with Gasteiger partial charge in [-0.2, -0.15) is 5.26 Å². The number of carbonyl (C=O) groups is 1. The zero-order valence-electron chi connectivity index (χ0n) is 10.6. The van der Waals surface area contributed by atoms with Gasteiger partial charge in [-0.25, -0.2) is 0 Å². The van der Waals surface area contributed by atoms with E-state index in [1.807, 2.05) is 6.07 Å². The average molecular weight is 280 g/mol. The molecule has 1 heterocycles. The minimum Gasteiger partial charge on any atom is -0.489 e. The molecule has 0 bridgehead atoms. The summed E-state index contributed by atoms with van der Waals surface area (Å²) in [6.07, 6.45) is 0.951. The first-order valence-electron chi connectivity index (χ1n) is 6.13. The first-order valence-corrected chi connectivity index (χ1v) is 6.51. The number of nitriles is 1. The van der Waals surface area contributed by atoms with E-state index in [-0.39, 0.29) is 18.1 Å². The van der Waals surface area contributed by atoms with E-state index in [1.54, 1.807) is 19.1 Å². The van der Waals surface area contributed by atoms with Gasteiger partial charge in [0.2, 0.25) is 0 Å². The normalized spacial score (nSPS) is 15.2. The molecule has 2 rings (SSSR count). The summed E-state index contributed by atoms with van der Waals surface area (Å²) in [5, 5.41) is 9.11. The highest BCUT2D eigenvalue weighted by Gasteiger charge is 2.19. The summed E-state index contributed by atoms with van der Waals surface area (Å²) >= 11 is 6.11. The molecule has 100 valence electrons. The van der Waals surface area contributed by atoms with Crippen LogP contribution in [0.25, 0.3) is 0 Å². The van der Waals surface area contributed by atoms with Crippen LogP contribution >= 0.6 is 11.6 Å². The van der Waals surface area contributed by atoms with Crippen molar-refractivity contribution in [3.05, 3.63) is 22.7 Å². The fourth-order valence-electron chi connectivity index (χ4n) is 1.83. The molecule has 4 nitrogen and oxygen atoms in total. The Kier molecular flexibility index (Phi) is 4.28. The second kappa shape index (κ2) is 5.94. The van der Waals surface area contributed by atoms with Crippen molar-refractivity contribution in [3.8, 4) is 17.6 Å². The van der Waals surface area contributed by atoms with Gasteiger partial charge < -0.3 is 9.47 Å². The largest absolute Gasteiger partial charge is 0.489 e. The molecule has 1 aromatic carbocycles. The molecule has 1 aliphatic heterocycles. The van der Waals surface area contributed by atoms with Crippen molar-refractivity contribution in [2.75, 3.05) is 13.2 Å². The van der Waals surface area contributed by atoms with E-state index in [9.17, 15) is 4.79 Å². The molecule has 0 amide bonds. The Hall–Kier alpha value is -1.73. The second-order valence-corrected chi connectivity index (χ2v) is 4.90. The SMILES string of the molecule is CC(C#N)CC(=O)c1cc(Cl)c2c(c1)OCCCO2. The Morgan fingerprint density at radius 1 is 1.47 bits per heavy atom. The number of halogens is 1. The molecular weight excluding hydrogens is 266 g/mol. The van der Waals surface area contributed by atoms with Crippen molar-refractivity contribution in [3.63, 3.8) is 0 Å². The van der Waals surface area contributed by atoms with E-state index >= 15 is 0 Å². The standard InChI is InChI=1S/C14H14ClNO3/c1-9(8-16)5-12(17)10-6-11(15)14-13(7-10)18-3-2-4-19-14/h6-7,9H,2-5H2,1H3. The van der Waals surface area contributed by atoms with Crippen LogP contribution in [0.4, 0.5) is 0 Å². The van der Waals surface area contributed by atoms with E-state index in [0.29, 0.717) is 35.3 Å². The highest BCUT2D eigenvalue weighted by Crippen LogP contribution is 2.38. The Morgan fingerprint density at radius 3 is 2.95 bits per heavy atom. The summed E-state index contributed by atoms with van der Waals surface area (Å²) in [4.78, 5) is 12.0. The lowest BCUT2D eigenvalue weighted by Gasteiger charge is -2.11. The number of benzene rings is 1. The molecule has 0 aliphatic carbocycles. The van der Waals surface area contributed by atoms with Gasteiger partial charge in [0.1, 0.15) is 0 Å². The van der Waals surface area contributed by atoms with Gasteiger partial charge in [0.15, 0.2) is 17.3 Å². The minimum atomic E-state index is -0.317. The molecule has 0 spiro atoms. The molecule has 0 N–H and O–H groups in total. The lowest BCUT2D eigenvalue weighted by molar-refractivity contribution is 0.0972. The van der Waals surface area contributed by atoms with Crippen LogP contribution in [-0.4, -0.2) is 19.0 Å². The molecule has 1 atom stereocenters. The number of hydrogen-bond donors (Lipinski definition) is 0. The van der Waals surface area contributed by atoms with Crippen LogP contribution < -0.4 is 9.47 Å². The molecule has 0 aromatic heterocycles. The Bertz CT molecular complexity index is 536. The molecule has 1 aliphatic rings. The number of ketones is 1. The smallest absolute Gasteiger partial charge is 0.179 e. The first kappa shape index (κ1) is 13.7. The molecule has 19 heavy (non-hydrogen) atoms. The number of carbonyl (C=O) groups excluding carboxylic acids is 1. The van der Waals surface area contributed by atoms with Gasteiger partial charge in [0.25, 0.3) is 0 Å². The fourth-order valence-corrected chi connectivity index (χ4v) is 2.10. The summed E-state index contributed by atoms with van der Waals surface area (Å²) in [6, 6.07) is 5.25. The summed E-state index contributed by atoms with van der Waals surface area (Å²) < 4.78 is 11.0. The number of Topliss-reactive ketones (excluding diaryl/α,β-unsaturated/α-hetero) is 1. The predicted molar refractivity (Wildman–Crippen MR) is 70.8 cm³/mol. The minimum absolute atomic E-state index is 0.119. The number of fused-ring (bicyclic) bond motifs is 1. The van der Waals surface area contributed by atoms with Gasteiger partial charge >= 0.3 is 0 Å². The third kappa shape index (κ3) is 3.18. The zero-order chi connectivity index (χ0) is 13.8. The zero-order valence-corrected chi connectivity index (χ0v) is 11.4. The Morgan fingerprint density at radius 2 is 2.21 bits per heavy atom. The molecule has 1 unspecified atom stereocenters. The summed E-state index contributed by atoms with van der Waals surface area (Å²) in [5.74, 6) is 0.552. The van der Waals surface area contributed by atoms with Crippen molar-refractivity contribution in [1.29, 1.82) is 5.26 Å². The monoisotopic (exact) mass is 279 g/mol. The molecule has 0 saturated heterocycles. The maximum atomic E-state index is 12.0. The topological polar surface area (TPSA) is 59.3 Å². The second-order valence-electron chi connectivity index (χ2n) is 4.49. The number of ether oxygens (including phenoxy) is 2. The van der Waals surface area contributed by atoms with Gasteiger partial charge in [-0.1, -0.05) is 11.6 Å². The quantitative estimate of drug-likeness (QED) is 0.797. The molecule has 5 heteroatoms. The molecule has 0 radical (unpaired) electrons. The average Bonchev–Trinajstić information content (AvgIpc) is 2.63. The van der Waals surface area contributed by atoms with E-state index in [4.69, 9.17) is 26.3 Å². The van der Waals surface area contributed by atoms with Crippen LogP contribution in [0.2, 0.25) is 5.02 Å². The van der Waals surface area contributed by atoms with Crippen LogP contribution in [-0.2, 0) is 0 Å². The highest BCUT2D eigenvalue weighted by molar-refractivity contribution is 6.32. The first-order chi connectivity index (χ1) is 9.11. The fraction of sp³-hybridized carbons (Fsp3) is 0.429. The van der Waals surface area contributed by atoms with Crippen LogP contribution in [0.3, 0.4) is 0 Å². The molecule has 0 saturated carbocycles. The van der Waals surface area contributed by atoms with Crippen LogP contribution in [0.15, 0.2) is 12.1 Å². The van der Waals surface area contributed by atoms with Crippen LogP contribution in [0, 0.1) is 17.2 Å². The van der Waals surface area contributed by atoms with Crippen LogP contribution in [0.1, 0.15) is 30.1 Å². The van der Waals surface area contributed by atoms with Gasteiger partial charge in [-0.15, -0.1) is 0 Å². The third-order valence-corrected chi connectivity index (χ3v) is 3.12. The third-order valence-electron chi connectivity index (χ3n) is 2.84. The van der Waals surface area contributed by atoms with E-state index < -0.39 is 0 Å². The van der Waals surface area contributed by atoms with Gasteiger partial charge in [-0.3, -0.25) is 4.79 Å². The molecule has 0 fully saturated rings. The number of hydrogen-bond acceptors (Lipinski definition) is 4. The van der Waals surface area contributed by atoms with E-state index in [2.05, 4.69) is 0 Å². The number of rotatable bonds is 3. The lowest BCUT2D eigenvalue weighted by Crippen LogP contribution is -2.05. The maximum Gasteiger partial charge on any atom is 0.179 e. The highest BCUT2D eigenvalue weighted by atomic mass is 35.5. The van der Waals surface area contributed by atoms with E-state index in [0.717, 1.165) is 6.42 Å². The Labute approximate surface area is 116 Å². The van der Waals surface area contributed by atoms with Crippen molar-refractivity contribution in [1.82, 2.24) is 0 Å². The number of nitrogens with zero attached hydrogens (tertiary/aromatic N) is 1. The summed E-state index contributed by atoms with van der Waals surface area (Å²) in [7, 11) is 0. The van der Waals surface area contributed by atoms with Crippen LogP contribution in [0.5, 0.6) is 11.5 Å². The van der Waals surface area contributed by atoms with Crippen molar-refractivity contribution in [2.24, 2.45) is 5.92 Å². The molecular formula is C14H14ClNO3. The predicted octanol–water partition coefficient (Wildman–Crippen LogP) is 3.23. The Balaban J connectivity index is 2.28. The maximum absolute atomic E-state index is 12.0. The van der Waals surface area contributed by atoms with Crippen molar-refractivity contribution >= 4 is 17.4 Å². The van der Waals surface area contributed by atoms with Gasteiger partial charge in [0, 0.05) is 18.4 Å². The van der Waals surface area contributed by atoms with Gasteiger partial charge in [-0.05, 0) is 19.1 Å². The molecule has 1 aromatic rings. The van der Waals surface area contributed by atoms with Crippen molar-refractivity contribution < 1.29 is 14.3 Å². The summed E-state index contributed by atoms with van der Waals surface area (Å²) in [6.45, 7) is 2.80. The van der Waals surface area contributed by atoms with Gasteiger partial charge in [0.05, 0.1) is 30.2 Å². The summed E-state index contributed by atoms with van der Waals surface area (Å²) in [5.41, 5.74) is 0.455. The van der Waals surface area contributed by atoms with E-state index in [1.165, 1.54) is 0 Å².